The second-order valence-corrected chi connectivity index (χ2v) is 5.12. The highest BCUT2D eigenvalue weighted by Crippen LogP contribution is 2.26. The number of carbonyl (C=O) groups excluding carboxylic acids is 2. The average Bonchev–Trinajstić information content (AvgIpc) is 2.92. The van der Waals surface area contributed by atoms with Crippen molar-refractivity contribution in [3.63, 3.8) is 0 Å². The molecule has 3 N–H and O–H groups in total. The van der Waals surface area contributed by atoms with Crippen LogP contribution in [0.25, 0.3) is 0 Å². The highest BCUT2D eigenvalue weighted by Gasteiger charge is 2.17. The first-order valence-corrected chi connectivity index (χ1v) is 7.14. The molecule has 9 nitrogen and oxygen atoms in total. The summed E-state index contributed by atoms with van der Waals surface area (Å²) in [7, 11) is 0. The summed E-state index contributed by atoms with van der Waals surface area (Å²) in [5.41, 5.74) is 0. The molecule has 3 heterocycles. The lowest BCUT2D eigenvalue weighted by Gasteiger charge is -2.17. The summed E-state index contributed by atoms with van der Waals surface area (Å²) in [6, 6.07) is 2.80. The van der Waals surface area contributed by atoms with Crippen molar-refractivity contribution in [2.24, 2.45) is 0 Å². The van der Waals surface area contributed by atoms with Gasteiger partial charge in [-0.3, -0.25) is 14.8 Å². The van der Waals surface area contributed by atoms with Crippen molar-refractivity contribution in [3.8, 4) is 5.75 Å². The molecule has 120 valence electrons. The van der Waals surface area contributed by atoms with Gasteiger partial charge in [0, 0.05) is 12.7 Å². The van der Waals surface area contributed by atoms with E-state index in [-0.39, 0.29) is 18.3 Å². The number of urea groups is 1. The van der Waals surface area contributed by atoms with E-state index in [0.29, 0.717) is 29.7 Å². The lowest BCUT2D eigenvalue weighted by atomic mass is 10.3. The van der Waals surface area contributed by atoms with E-state index in [2.05, 4.69) is 26.0 Å². The molecule has 2 aromatic rings. The molecular formula is C13H13ClN6O3. The molecule has 1 aliphatic rings. The monoisotopic (exact) mass is 336 g/mol. The first kappa shape index (κ1) is 15.1. The maximum Gasteiger partial charge on any atom is 0.320 e. The Morgan fingerprint density at radius 1 is 1.48 bits per heavy atom. The Kier molecular flexibility index (Phi) is 4.29. The molecule has 2 aromatic heterocycles. The van der Waals surface area contributed by atoms with Crippen molar-refractivity contribution in [2.75, 3.05) is 23.8 Å². The van der Waals surface area contributed by atoms with Crippen LogP contribution in [0.4, 0.5) is 16.4 Å². The van der Waals surface area contributed by atoms with Crippen LogP contribution in [0.2, 0.25) is 5.02 Å². The van der Waals surface area contributed by atoms with Crippen LogP contribution in [0.3, 0.4) is 0 Å². The fourth-order valence-electron chi connectivity index (χ4n) is 1.94. The summed E-state index contributed by atoms with van der Waals surface area (Å²) >= 11 is 5.75. The highest BCUT2D eigenvalue weighted by atomic mass is 35.5. The Labute approximate surface area is 136 Å². The number of ether oxygens (including phenoxy) is 1. The van der Waals surface area contributed by atoms with E-state index < -0.39 is 6.03 Å². The van der Waals surface area contributed by atoms with E-state index in [9.17, 15) is 9.59 Å². The zero-order valence-corrected chi connectivity index (χ0v) is 12.6. The zero-order valence-electron chi connectivity index (χ0n) is 11.9. The molecule has 0 bridgehead atoms. The number of aromatic nitrogens is 3. The van der Waals surface area contributed by atoms with E-state index in [0.717, 1.165) is 0 Å². The summed E-state index contributed by atoms with van der Waals surface area (Å²) in [5, 5.41) is 12.3. The van der Waals surface area contributed by atoms with Gasteiger partial charge in [0.05, 0.1) is 17.8 Å². The predicted octanol–water partition coefficient (Wildman–Crippen LogP) is 1.08. The molecule has 0 radical (unpaired) electrons. The lowest BCUT2D eigenvalue weighted by molar-refractivity contribution is -0.118. The molecule has 3 rings (SSSR count). The first-order chi connectivity index (χ1) is 11.1. The number of nitrogens with zero attached hydrogens (tertiary/aromatic N) is 3. The fourth-order valence-corrected chi connectivity index (χ4v) is 2.09. The lowest BCUT2D eigenvalue weighted by Crippen LogP contribution is -2.32. The Balaban J connectivity index is 1.51. The van der Waals surface area contributed by atoms with E-state index in [1.807, 2.05) is 0 Å². The number of halogens is 1. The summed E-state index contributed by atoms with van der Waals surface area (Å²) < 4.78 is 6.81. The number of anilines is 2. The molecule has 0 saturated carbocycles. The Hall–Kier alpha value is -2.81. The third kappa shape index (κ3) is 3.89. The van der Waals surface area contributed by atoms with Gasteiger partial charge in [-0.05, 0) is 12.1 Å². The molecule has 0 aromatic carbocycles. The van der Waals surface area contributed by atoms with Gasteiger partial charge in [-0.2, -0.15) is 5.10 Å². The molecule has 3 amide bonds. The van der Waals surface area contributed by atoms with Crippen molar-refractivity contribution in [1.29, 1.82) is 0 Å². The van der Waals surface area contributed by atoms with Crippen molar-refractivity contribution in [1.82, 2.24) is 20.1 Å². The normalized spacial score (nSPS) is 12.8. The van der Waals surface area contributed by atoms with Gasteiger partial charge in [0.15, 0.2) is 18.2 Å². The summed E-state index contributed by atoms with van der Waals surface area (Å²) in [5.74, 6) is 0.759. The minimum Gasteiger partial charge on any atom is -0.480 e. The minimum atomic E-state index is -0.418. The van der Waals surface area contributed by atoms with Gasteiger partial charge in [-0.1, -0.05) is 11.6 Å². The number of pyridine rings is 1. The molecule has 10 heteroatoms. The number of nitrogens with one attached hydrogen (secondary N) is 3. The molecule has 0 aliphatic carbocycles. The minimum absolute atomic E-state index is 0.0423. The maximum absolute atomic E-state index is 11.8. The largest absolute Gasteiger partial charge is 0.480 e. The molecule has 0 atom stereocenters. The second-order valence-electron chi connectivity index (χ2n) is 4.68. The number of hydrogen-bond donors (Lipinski definition) is 3. The molecule has 23 heavy (non-hydrogen) atoms. The van der Waals surface area contributed by atoms with Crippen LogP contribution >= 0.6 is 11.6 Å². The Morgan fingerprint density at radius 3 is 3.13 bits per heavy atom. The molecule has 0 spiro atoms. The average molecular weight is 337 g/mol. The van der Waals surface area contributed by atoms with Gasteiger partial charge in [0.1, 0.15) is 5.82 Å². The standard InChI is InChI=1S/C13H13ClN6O3/c14-8-5-16-20(6-8)4-3-15-13(22)18-10-2-1-9-12(17-10)19-11(21)7-23-9/h1-2,5-6H,3-4,7H2,(H3,15,17,18,19,21,22). The molecule has 0 unspecified atom stereocenters. The summed E-state index contributed by atoms with van der Waals surface area (Å²) in [4.78, 5) is 27.2. The highest BCUT2D eigenvalue weighted by molar-refractivity contribution is 6.30. The number of amides is 3. The number of hydrogen-bond acceptors (Lipinski definition) is 5. The van der Waals surface area contributed by atoms with Crippen molar-refractivity contribution >= 4 is 35.2 Å². The zero-order chi connectivity index (χ0) is 16.2. The van der Waals surface area contributed by atoms with Crippen LogP contribution in [-0.2, 0) is 11.3 Å². The smallest absolute Gasteiger partial charge is 0.320 e. The SMILES string of the molecule is O=C1COc2ccc(NC(=O)NCCn3cc(Cl)cn3)nc2N1. The first-order valence-electron chi connectivity index (χ1n) is 6.77. The van der Waals surface area contributed by atoms with E-state index in [1.165, 1.54) is 6.20 Å². The molecule has 0 saturated heterocycles. The van der Waals surface area contributed by atoms with Crippen LogP contribution in [0.5, 0.6) is 5.75 Å². The third-order valence-electron chi connectivity index (χ3n) is 2.94. The van der Waals surface area contributed by atoms with Crippen molar-refractivity contribution < 1.29 is 14.3 Å². The molecule has 1 aliphatic heterocycles. The fraction of sp³-hybridized carbons (Fsp3) is 0.231. The van der Waals surface area contributed by atoms with Gasteiger partial charge >= 0.3 is 6.03 Å². The third-order valence-corrected chi connectivity index (χ3v) is 3.14. The topological polar surface area (TPSA) is 110 Å². The van der Waals surface area contributed by atoms with Gasteiger partial charge in [-0.15, -0.1) is 0 Å². The van der Waals surface area contributed by atoms with Gasteiger partial charge in [0.25, 0.3) is 5.91 Å². The van der Waals surface area contributed by atoms with Crippen LogP contribution in [0.1, 0.15) is 0 Å². The quantitative estimate of drug-likeness (QED) is 0.774. The van der Waals surface area contributed by atoms with Crippen LogP contribution in [0, 0.1) is 0 Å². The van der Waals surface area contributed by atoms with Gasteiger partial charge < -0.3 is 15.4 Å². The Morgan fingerprint density at radius 2 is 2.35 bits per heavy atom. The van der Waals surface area contributed by atoms with Gasteiger partial charge in [0.2, 0.25) is 0 Å². The summed E-state index contributed by atoms with van der Waals surface area (Å²) in [6.45, 7) is 0.815. The number of carbonyl (C=O) groups is 2. The Bertz CT molecular complexity index is 747. The molecular weight excluding hydrogens is 324 g/mol. The van der Waals surface area contributed by atoms with E-state index in [4.69, 9.17) is 16.3 Å². The molecule has 0 fully saturated rings. The van der Waals surface area contributed by atoms with Crippen molar-refractivity contribution in [2.45, 2.75) is 6.54 Å². The van der Waals surface area contributed by atoms with Crippen molar-refractivity contribution in [3.05, 3.63) is 29.5 Å². The second kappa shape index (κ2) is 6.53. The van der Waals surface area contributed by atoms with E-state index in [1.54, 1.807) is 23.0 Å². The van der Waals surface area contributed by atoms with Crippen LogP contribution in [0.15, 0.2) is 24.5 Å². The van der Waals surface area contributed by atoms with E-state index >= 15 is 0 Å². The van der Waals surface area contributed by atoms with Crippen LogP contribution < -0.4 is 20.7 Å². The predicted molar refractivity (Wildman–Crippen MR) is 82.6 cm³/mol. The maximum atomic E-state index is 11.8. The van der Waals surface area contributed by atoms with Gasteiger partial charge in [-0.25, -0.2) is 9.78 Å². The number of fused-ring (bicyclic) bond motifs is 1. The summed E-state index contributed by atoms with van der Waals surface area (Å²) in [6.07, 6.45) is 3.18. The van der Waals surface area contributed by atoms with Crippen LogP contribution in [-0.4, -0.2) is 39.9 Å². The number of rotatable bonds is 4.